The van der Waals surface area contributed by atoms with Crippen molar-refractivity contribution in [2.24, 2.45) is 34.5 Å². The van der Waals surface area contributed by atoms with Crippen LogP contribution in [0.5, 0.6) is 0 Å². The first kappa shape index (κ1) is 29.9. The molecule has 6 aliphatic rings. The largest absolute Gasteiger partial charge is 0.461 e. The number of esters is 1. The van der Waals surface area contributed by atoms with E-state index in [0.717, 1.165) is 24.9 Å². The van der Waals surface area contributed by atoms with Crippen molar-refractivity contribution in [3.05, 3.63) is 29.8 Å². The van der Waals surface area contributed by atoms with E-state index in [9.17, 15) is 15.0 Å². The fraction of sp³-hybridized carbons (Fsp3) is 0.788. The van der Waals surface area contributed by atoms with Crippen molar-refractivity contribution in [3.63, 3.8) is 0 Å². The van der Waals surface area contributed by atoms with E-state index < -0.39 is 34.2 Å². The molecule has 3 N–H and O–H groups in total. The molecule has 1 heterocycles. The number of aliphatic hydroxyl groups is 2. The van der Waals surface area contributed by atoms with Crippen LogP contribution in [0.4, 0.5) is 5.69 Å². The SMILES string of the molecule is CCN1C[C@]2(COC(=O)c3ccccc3NC)CC[C@H](OC)[C@]34C1[C@](O)([C@@H](OC)[C@H]23)[C@@]1(O)C[C@H](OC)[C@H]2C[C@@H]4[C@@H]1[C@H]2OC. The van der Waals surface area contributed by atoms with E-state index in [2.05, 4.69) is 17.1 Å². The topological polar surface area (TPSA) is 119 Å². The molecule has 1 aromatic carbocycles. The molecule has 1 aliphatic heterocycles. The number of methoxy groups -OCH3 is 4. The lowest BCUT2D eigenvalue weighted by molar-refractivity contribution is -0.320. The van der Waals surface area contributed by atoms with Gasteiger partial charge in [-0.1, -0.05) is 19.1 Å². The summed E-state index contributed by atoms with van der Waals surface area (Å²) in [7, 11) is 8.63. The Hall–Kier alpha value is -1.79. The van der Waals surface area contributed by atoms with Gasteiger partial charge in [-0.3, -0.25) is 4.90 Å². The van der Waals surface area contributed by atoms with Crippen molar-refractivity contribution in [2.75, 3.05) is 60.5 Å². The number of likely N-dealkylation sites (N-methyl/N-ethyl adjacent to an activating group) is 1. The number of carbonyl (C=O) groups is 1. The molecular formula is C33H48N2O8. The highest BCUT2D eigenvalue weighted by Gasteiger charge is 2.91. The third-order valence-electron chi connectivity index (χ3n) is 13.2. The number of hydrogen-bond donors (Lipinski definition) is 3. The van der Waals surface area contributed by atoms with E-state index in [1.165, 1.54) is 0 Å². The number of likely N-dealkylation sites (tertiary alicyclic amines) is 1. The molecule has 7 rings (SSSR count). The maximum Gasteiger partial charge on any atom is 0.340 e. The minimum absolute atomic E-state index is 0.00252. The number of ether oxygens (including phenoxy) is 5. The number of carbonyl (C=O) groups excluding carboxylic acids is 1. The van der Waals surface area contributed by atoms with Gasteiger partial charge in [-0.05, 0) is 43.9 Å². The van der Waals surface area contributed by atoms with Gasteiger partial charge in [-0.2, -0.15) is 0 Å². The number of benzene rings is 1. The van der Waals surface area contributed by atoms with Gasteiger partial charge in [0, 0.05) is 82.7 Å². The predicted molar refractivity (Wildman–Crippen MR) is 158 cm³/mol. The van der Waals surface area contributed by atoms with Crippen molar-refractivity contribution in [3.8, 4) is 0 Å². The van der Waals surface area contributed by atoms with E-state index in [1.807, 2.05) is 18.2 Å². The van der Waals surface area contributed by atoms with Crippen LogP contribution in [0.15, 0.2) is 24.3 Å². The smallest absolute Gasteiger partial charge is 0.340 e. The third-order valence-corrected chi connectivity index (χ3v) is 13.2. The molecule has 238 valence electrons. The summed E-state index contributed by atoms with van der Waals surface area (Å²) in [5, 5.41) is 29.5. The molecule has 5 saturated carbocycles. The van der Waals surface area contributed by atoms with Gasteiger partial charge in [-0.15, -0.1) is 0 Å². The Morgan fingerprint density at radius 1 is 1.09 bits per heavy atom. The highest BCUT2D eigenvalue weighted by molar-refractivity contribution is 5.95. The summed E-state index contributed by atoms with van der Waals surface area (Å²) >= 11 is 0. The Bertz CT molecular complexity index is 1270. The first-order chi connectivity index (χ1) is 20.7. The van der Waals surface area contributed by atoms with Crippen LogP contribution in [0.3, 0.4) is 0 Å². The zero-order valence-corrected chi connectivity index (χ0v) is 26.2. The quantitative estimate of drug-likeness (QED) is 0.364. The van der Waals surface area contributed by atoms with E-state index in [4.69, 9.17) is 23.7 Å². The number of nitrogens with zero attached hydrogens (tertiary/aromatic N) is 1. The minimum atomic E-state index is -1.61. The lowest BCUT2D eigenvalue weighted by Gasteiger charge is -2.70. The second-order valence-electron chi connectivity index (χ2n) is 14.1. The monoisotopic (exact) mass is 600 g/mol. The highest BCUT2D eigenvalue weighted by Crippen LogP contribution is 2.80. The average molecular weight is 601 g/mol. The standard InChI is InChI=1S/C33H48N2O8/c1-7-35-16-30(17-43-28(36)18-10-8-9-11-21(18)34-2)13-12-23(40-4)32-20-14-19-22(39-3)15-31(37,24(20)25(19)41-5)33(38,29(32)35)27(42-6)26(30)32/h8-11,19-20,22-27,29,34,37-38H,7,12-17H2,1-6H3/t19-,20-,22+,23+,24-,25+,26-,27+,29?,30+,31-,32+,33-/m1/s1. The van der Waals surface area contributed by atoms with Crippen molar-refractivity contribution in [1.82, 2.24) is 4.90 Å². The molecule has 1 aromatic rings. The molecule has 1 saturated heterocycles. The molecule has 6 fully saturated rings. The van der Waals surface area contributed by atoms with Crippen LogP contribution in [-0.4, -0.2) is 118 Å². The van der Waals surface area contributed by atoms with Gasteiger partial charge in [0.1, 0.15) is 11.2 Å². The Morgan fingerprint density at radius 3 is 2.51 bits per heavy atom. The zero-order chi connectivity index (χ0) is 30.5. The van der Waals surface area contributed by atoms with E-state index in [1.54, 1.807) is 41.6 Å². The summed E-state index contributed by atoms with van der Waals surface area (Å²) in [5.74, 6) is -0.773. The van der Waals surface area contributed by atoms with Crippen LogP contribution >= 0.6 is 0 Å². The fourth-order valence-electron chi connectivity index (χ4n) is 12.2. The summed E-state index contributed by atoms with van der Waals surface area (Å²) in [5.41, 5.74) is -2.95. The fourth-order valence-corrected chi connectivity index (χ4v) is 12.2. The van der Waals surface area contributed by atoms with E-state index in [-0.39, 0.29) is 54.6 Å². The molecule has 10 heteroatoms. The summed E-state index contributed by atoms with van der Waals surface area (Å²) in [6.07, 6.45) is 1.30. The summed E-state index contributed by atoms with van der Waals surface area (Å²) < 4.78 is 31.3. The molecule has 7 bridgehead atoms. The minimum Gasteiger partial charge on any atom is -0.461 e. The molecule has 5 aliphatic carbocycles. The summed E-state index contributed by atoms with van der Waals surface area (Å²) in [4.78, 5) is 15.9. The molecule has 13 atom stereocenters. The van der Waals surface area contributed by atoms with Gasteiger partial charge < -0.3 is 39.2 Å². The van der Waals surface area contributed by atoms with Crippen molar-refractivity contribution in [2.45, 2.75) is 74.3 Å². The number of nitrogens with one attached hydrogen (secondary N) is 1. The molecule has 0 radical (unpaired) electrons. The van der Waals surface area contributed by atoms with Crippen LogP contribution < -0.4 is 5.32 Å². The Labute approximate surface area is 254 Å². The molecule has 0 amide bonds. The summed E-state index contributed by atoms with van der Waals surface area (Å²) in [6.45, 7) is 3.61. The van der Waals surface area contributed by atoms with Gasteiger partial charge in [0.2, 0.25) is 0 Å². The molecular weight excluding hydrogens is 552 g/mol. The molecule has 1 unspecified atom stereocenters. The van der Waals surface area contributed by atoms with Crippen LogP contribution in [-0.2, 0) is 23.7 Å². The number of piperidine rings is 1. The van der Waals surface area contributed by atoms with Gasteiger partial charge in [0.05, 0.1) is 42.6 Å². The first-order valence-corrected chi connectivity index (χ1v) is 15.9. The van der Waals surface area contributed by atoms with Crippen molar-refractivity contribution < 1.29 is 38.7 Å². The van der Waals surface area contributed by atoms with Gasteiger partial charge in [-0.25, -0.2) is 4.79 Å². The van der Waals surface area contributed by atoms with Crippen LogP contribution in [0.1, 0.15) is 43.0 Å². The van der Waals surface area contributed by atoms with Gasteiger partial charge in [0.25, 0.3) is 0 Å². The van der Waals surface area contributed by atoms with E-state index in [0.29, 0.717) is 25.1 Å². The van der Waals surface area contributed by atoms with Crippen molar-refractivity contribution in [1.29, 1.82) is 0 Å². The van der Waals surface area contributed by atoms with Gasteiger partial charge >= 0.3 is 5.97 Å². The number of hydrogen-bond acceptors (Lipinski definition) is 10. The molecule has 0 aromatic heterocycles. The number of para-hydroxylation sites is 1. The maximum atomic E-state index is 13.6. The number of rotatable bonds is 9. The first-order valence-electron chi connectivity index (χ1n) is 15.9. The van der Waals surface area contributed by atoms with E-state index >= 15 is 0 Å². The van der Waals surface area contributed by atoms with Crippen LogP contribution in [0, 0.1) is 34.5 Å². The second kappa shape index (κ2) is 10.1. The number of anilines is 1. The van der Waals surface area contributed by atoms with Gasteiger partial charge in [0.15, 0.2) is 0 Å². The lowest BCUT2D eigenvalue weighted by Crippen LogP contribution is -2.82. The third kappa shape index (κ3) is 3.36. The predicted octanol–water partition coefficient (Wildman–Crippen LogP) is 2.18. The highest BCUT2D eigenvalue weighted by atomic mass is 16.5. The molecule has 1 spiro atoms. The lowest BCUT2D eigenvalue weighted by atomic mass is 9.42. The average Bonchev–Trinajstić information content (AvgIpc) is 3.44. The second-order valence-corrected chi connectivity index (χ2v) is 14.1. The zero-order valence-electron chi connectivity index (χ0n) is 26.2. The van der Waals surface area contributed by atoms with Crippen LogP contribution in [0.25, 0.3) is 0 Å². The Morgan fingerprint density at radius 2 is 1.86 bits per heavy atom. The normalized spacial score (nSPS) is 49.2. The van der Waals surface area contributed by atoms with Crippen molar-refractivity contribution >= 4 is 11.7 Å². The molecule has 43 heavy (non-hydrogen) atoms. The Kier molecular flexibility index (Phi) is 7.03. The number of fused-ring (bicyclic) bond motifs is 2. The summed E-state index contributed by atoms with van der Waals surface area (Å²) in [6, 6.07) is 6.98. The Balaban J connectivity index is 1.40. The van der Waals surface area contributed by atoms with Crippen LogP contribution in [0.2, 0.25) is 0 Å². The molecule has 10 nitrogen and oxygen atoms in total. The maximum absolute atomic E-state index is 13.6.